The van der Waals surface area contributed by atoms with Gasteiger partial charge in [0.25, 0.3) is 0 Å². The number of carbonyl (C=O) groups is 2. The van der Waals surface area contributed by atoms with Crippen molar-refractivity contribution in [1.29, 1.82) is 0 Å². The Morgan fingerprint density at radius 1 is 1.47 bits per heavy atom. The van der Waals surface area contributed by atoms with Crippen molar-refractivity contribution < 1.29 is 14.3 Å². The molecule has 1 atom stereocenters. The monoisotopic (exact) mass is 366 g/mol. The molecule has 3 nitrogen and oxygen atoms in total. The van der Waals surface area contributed by atoms with Gasteiger partial charge in [0.05, 0.1) is 17.5 Å². The highest BCUT2D eigenvalue weighted by atomic mass is 127. The van der Waals surface area contributed by atoms with Crippen LogP contribution in [0.15, 0.2) is 18.2 Å². The molecule has 0 aliphatic heterocycles. The second kappa shape index (κ2) is 6.35. The summed E-state index contributed by atoms with van der Waals surface area (Å²) < 4.78 is 5.62. The predicted molar refractivity (Wildman–Crippen MR) is 74.8 cm³/mol. The maximum atomic E-state index is 11.9. The van der Waals surface area contributed by atoms with E-state index in [0.717, 1.165) is 0 Å². The van der Waals surface area contributed by atoms with Gasteiger partial charge in [0.2, 0.25) is 0 Å². The molecule has 1 aromatic carbocycles. The predicted octanol–water partition coefficient (Wildman–Crippen LogP) is 3.28. The summed E-state index contributed by atoms with van der Waals surface area (Å²) in [5.41, 5.74) is 0.616. The fourth-order valence-electron chi connectivity index (χ4n) is 1.35. The van der Waals surface area contributed by atoms with Gasteiger partial charge in [0.1, 0.15) is 0 Å². The summed E-state index contributed by atoms with van der Waals surface area (Å²) >= 11 is 7.77. The molecule has 0 spiro atoms. The highest BCUT2D eigenvalue weighted by molar-refractivity contribution is 14.1. The number of benzene rings is 1. The topological polar surface area (TPSA) is 43.4 Å². The number of hydrogen-bond donors (Lipinski definition) is 0. The number of carbonyl (C=O) groups excluding carboxylic acids is 2. The van der Waals surface area contributed by atoms with Crippen LogP contribution in [-0.4, -0.2) is 23.7 Å². The minimum absolute atomic E-state index is 0.270. The molecule has 0 aromatic heterocycles. The number of hydrogen-bond acceptors (Lipinski definition) is 3. The fraction of sp³-hybridized carbons (Fsp3) is 0.333. The third kappa shape index (κ3) is 3.42. The Labute approximate surface area is 119 Å². The summed E-state index contributed by atoms with van der Waals surface area (Å²) in [7, 11) is 0. The Morgan fingerprint density at radius 2 is 2.12 bits per heavy atom. The summed E-state index contributed by atoms with van der Waals surface area (Å²) in [4.78, 5) is 23.7. The molecule has 1 unspecified atom stereocenters. The van der Waals surface area contributed by atoms with Gasteiger partial charge in [-0.1, -0.05) is 12.1 Å². The van der Waals surface area contributed by atoms with Crippen molar-refractivity contribution in [3.8, 4) is 0 Å². The summed E-state index contributed by atoms with van der Waals surface area (Å²) in [5, 5.41) is -0.665. The molecule has 5 heteroatoms. The van der Waals surface area contributed by atoms with Crippen molar-refractivity contribution >= 4 is 45.9 Å². The first-order chi connectivity index (χ1) is 7.99. The lowest BCUT2D eigenvalue weighted by Crippen LogP contribution is -2.18. The van der Waals surface area contributed by atoms with Gasteiger partial charge in [-0.3, -0.25) is 4.79 Å². The Morgan fingerprint density at radius 3 is 2.65 bits per heavy atom. The summed E-state index contributed by atoms with van der Waals surface area (Å²) in [6.07, 6.45) is 0. The van der Waals surface area contributed by atoms with Gasteiger partial charge in [0, 0.05) is 9.13 Å². The highest BCUT2D eigenvalue weighted by Crippen LogP contribution is 2.21. The van der Waals surface area contributed by atoms with Crippen LogP contribution in [0.4, 0.5) is 0 Å². The van der Waals surface area contributed by atoms with E-state index in [0.29, 0.717) is 14.7 Å². The van der Waals surface area contributed by atoms with E-state index in [2.05, 4.69) is 0 Å². The standard InChI is InChI=1S/C12H12ClIO3/c1-3-17-12(16)10-8(11(15)7(2)13)5-4-6-9(10)14/h4-7H,3H2,1-2H3. The van der Waals surface area contributed by atoms with E-state index in [9.17, 15) is 9.59 Å². The second-order valence-corrected chi connectivity index (χ2v) is 5.18. The maximum absolute atomic E-state index is 11.9. The Balaban J connectivity index is 3.26. The van der Waals surface area contributed by atoms with Crippen LogP contribution in [0.1, 0.15) is 34.6 Å². The van der Waals surface area contributed by atoms with Gasteiger partial charge in [-0.05, 0) is 42.5 Å². The number of esters is 1. The first kappa shape index (κ1) is 14.4. The van der Waals surface area contributed by atoms with Crippen molar-refractivity contribution in [2.24, 2.45) is 0 Å². The van der Waals surface area contributed by atoms with Crippen molar-refractivity contribution in [3.05, 3.63) is 32.9 Å². The first-order valence-electron chi connectivity index (χ1n) is 5.13. The second-order valence-electron chi connectivity index (χ2n) is 3.36. The third-order valence-corrected chi connectivity index (χ3v) is 3.22. The zero-order valence-electron chi connectivity index (χ0n) is 9.50. The number of halogens is 2. The van der Waals surface area contributed by atoms with Crippen LogP contribution in [0, 0.1) is 3.57 Å². The average molecular weight is 367 g/mol. The number of alkyl halides is 1. The maximum Gasteiger partial charge on any atom is 0.339 e. The first-order valence-corrected chi connectivity index (χ1v) is 6.64. The minimum atomic E-state index is -0.665. The number of ketones is 1. The quantitative estimate of drug-likeness (QED) is 0.355. The van der Waals surface area contributed by atoms with Gasteiger partial charge in [-0.2, -0.15) is 0 Å². The molecule has 0 saturated carbocycles. The van der Waals surface area contributed by atoms with Gasteiger partial charge < -0.3 is 4.74 Å². The molecular weight excluding hydrogens is 354 g/mol. The molecule has 1 aromatic rings. The zero-order valence-corrected chi connectivity index (χ0v) is 12.4. The van der Waals surface area contributed by atoms with E-state index >= 15 is 0 Å². The molecule has 0 N–H and O–H groups in total. The smallest absolute Gasteiger partial charge is 0.339 e. The van der Waals surface area contributed by atoms with Crippen LogP contribution in [0.25, 0.3) is 0 Å². The molecule has 92 valence electrons. The molecule has 0 aliphatic rings. The van der Waals surface area contributed by atoms with Gasteiger partial charge >= 0.3 is 5.97 Å². The molecular formula is C12H12ClIO3. The summed E-state index contributed by atoms with van der Waals surface area (Å²) in [5.74, 6) is -0.758. The average Bonchev–Trinajstić information content (AvgIpc) is 2.27. The van der Waals surface area contributed by atoms with E-state index < -0.39 is 11.3 Å². The van der Waals surface area contributed by atoms with Gasteiger partial charge in [-0.25, -0.2) is 4.79 Å². The Hall–Kier alpha value is -0.620. The number of rotatable bonds is 4. The normalized spacial score (nSPS) is 12.0. The molecule has 0 radical (unpaired) electrons. The zero-order chi connectivity index (χ0) is 13.0. The Bertz CT molecular complexity index is 443. The summed E-state index contributed by atoms with van der Waals surface area (Å²) in [6.45, 7) is 3.58. The lowest BCUT2D eigenvalue weighted by molar-refractivity contribution is 0.0522. The molecule has 1 rings (SSSR count). The summed E-state index contributed by atoms with van der Waals surface area (Å²) in [6, 6.07) is 5.06. The lowest BCUT2D eigenvalue weighted by Gasteiger charge is -2.10. The highest BCUT2D eigenvalue weighted by Gasteiger charge is 2.23. The van der Waals surface area contributed by atoms with E-state index in [-0.39, 0.29) is 12.4 Å². The van der Waals surface area contributed by atoms with Crippen molar-refractivity contribution in [2.45, 2.75) is 19.2 Å². The number of ether oxygens (including phenoxy) is 1. The minimum Gasteiger partial charge on any atom is -0.462 e. The SMILES string of the molecule is CCOC(=O)c1c(I)cccc1C(=O)C(C)Cl. The Kier molecular flexibility index (Phi) is 5.39. The molecule has 0 saturated heterocycles. The van der Waals surface area contributed by atoms with Crippen molar-refractivity contribution in [1.82, 2.24) is 0 Å². The van der Waals surface area contributed by atoms with Crippen molar-refractivity contribution in [2.75, 3.05) is 6.61 Å². The van der Waals surface area contributed by atoms with E-state index in [4.69, 9.17) is 16.3 Å². The van der Waals surface area contributed by atoms with Crippen molar-refractivity contribution in [3.63, 3.8) is 0 Å². The lowest BCUT2D eigenvalue weighted by atomic mass is 10.0. The number of Topliss-reactive ketones (excluding diaryl/α,β-unsaturated/α-hetero) is 1. The van der Waals surface area contributed by atoms with Crippen LogP contribution >= 0.6 is 34.2 Å². The van der Waals surface area contributed by atoms with Crippen LogP contribution in [-0.2, 0) is 4.74 Å². The fourth-order valence-corrected chi connectivity index (χ4v) is 2.19. The molecule has 0 amide bonds. The molecule has 0 heterocycles. The molecule has 0 aliphatic carbocycles. The van der Waals surface area contributed by atoms with E-state index in [1.165, 1.54) is 0 Å². The van der Waals surface area contributed by atoms with Crippen LogP contribution in [0.2, 0.25) is 0 Å². The van der Waals surface area contributed by atoms with Crippen LogP contribution in [0.3, 0.4) is 0 Å². The van der Waals surface area contributed by atoms with Gasteiger partial charge in [0.15, 0.2) is 5.78 Å². The third-order valence-electron chi connectivity index (χ3n) is 2.12. The largest absolute Gasteiger partial charge is 0.462 e. The molecule has 17 heavy (non-hydrogen) atoms. The van der Waals surface area contributed by atoms with Crippen LogP contribution < -0.4 is 0 Å². The molecule has 0 fully saturated rings. The van der Waals surface area contributed by atoms with E-state index in [1.54, 1.807) is 32.0 Å². The molecule has 0 bridgehead atoms. The van der Waals surface area contributed by atoms with Gasteiger partial charge in [-0.15, -0.1) is 11.6 Å². The van der Waals surface area contributed by atoms with Crippen LogP contribution in [0.5, 0.6) is 0 Å². The van der Waals surface area contributed by atoms with E-state index in [1.807, 2.05) is 22.6 Å².